The topological polar surface area (TPSA) is 4.93 Å². The highest BCUT2D eigenvalue weighted by atomic mass is 127. The van der Waals surface area contributed by atoms with Crippen LogP contribution in [-0.4, -0.2) is 9.18 Å². The van der Waals surface area contributed by atoms with Gasteiger partial charge in [-0.2, -0.15) is 0 Å². The molecule has 0 saturated carbocycles. The molecule has 0 spiro atoms. The van der Waals surface area contributed by atoms with Crippen molar-refractivity contribution in [2.24, 2.45) is 0 Å². The van der Waals surface area contributed by atoms with Crippen molar-refractivity contribution in [1.29, 1.82) is 0 Å². The maximum Gasteiger partial charge on any atom is 0.329 e. The van der Waals surface area contributed by atoms with Gasteiger partial charge in [-0.05, 0) is 12.2 Å². The summed E-state index contributed by atoms with van der Waals surface area (Å²) in [5.41, 5.74) is 4.34. The van der Waals surface area contributed by atoms with Crippen molar-refractivity contribution in [2.45, 2.75) is 6.82 Å². The van der Waals surface area contributed by atoms with Crippen molar-refractivity contribution in [2.75, 3.05) is 0 Å². The van der Waals surface area contributed by atoms with Crippen LogP contribution in [0.2, 0.25) is 6.82 Å². The molecule has 0 aliphatic rings. The van der Waals surface area contributed by atoms with Gasteiger partial charge in [-0.1, -0.05) is 57.4 Å². The normalized spacial score (nSPS) is 10.3. The van der Waals surface area contributed by atoms with Crippen LogP contribution in [0.25, 0.3) is 24.3 Å². The van der Waals surface area contributed by atoms with Crippen LogP contribution in [0, 0.1) is 0 Å². The van der Waals surface area contributed by atoms with E-state index >= 15 is 0 Å². The number of allylic oxidation sites excluding steroid dienone is 2. The van der Waals surface area contributed by atoms with Gasteiger partial charge in [-0.3, -0.25) is 0 Å². The van der Waals surface area contributed by atoms with Crippen LogP contribution in [0.3, 0.4) is 0 Å². The molecule has 0 unspecified atom stereocenters. The second-order valence-electron chi connectivity index (χ2n) is 3.75. The summed E-state index contributed by atoms with van der Waals surface area (Å²) in [7, 11) is 0. The standard InChI is InChI=1S/C15H17BIN/c1-6-10-11-15-13(8-3)12(7-2)14(9-4)18(15)16(5)17/h6-11H,1-4H2,5H3/b11-10-. The number of nitrogens with zero attached hydrogens (tertiary/aromatic N) is 1. The summed E-state index contributed by atoms with van der Waals surface area (Å²) in [5.74, 6) is 0. The second kappa shape index (κ2) is 6.64. The Morgan fingerprint density at radius 2 is 1.56 bits per heavy atom. The highest BCUT2D eigenvalue weighted by Gasteiger charge is 2.19. The van der Waals surface area contributed by atoms with E-state index in [4.69, 9.17) is 0 Å². The predicted octanol–water partition coefficient (Wildman–Crippen LogP) is 5.02. The first-order valence-corrected chi connectivity index (χ1v) is 6.95. The summed E-state index contributed by atoms with van der Waals surface area (Å²) < 4.78 is 2.54. The van der Waals surface area contributed by atoms with E-state index < -0.39 is 0 Å². The Bertz CT molecular complexity index is 521. The SMILES string of the molecule is C=C/C=C\c1c(C=C)c(C=C)c(C=C)n1B(C)I. The Kier molecular flexibility index (Phi) is 5.47. The Morgan fingerprint density at radius 1 is 1.00 bits per heavy atom. The molecule has 92 valence electrons. The molecule has 1 nitrogen and oxygen atoms in total. The maximum atomic E-state index is 3.90. The number of aromatic nitrogens is 1. The number of hydrogen-bond donors (Lipinski definition) is 0. The molecule has 0 atom stereocenters. The third-order valence-corrected chi connectivity index (χ3v) is 3.27. The first kappa shape index (κ1) is 14.8. The van der Waals surface area contributed by atoms with Crippen LogP contribution < -0.4 is 0 Å². The average Bonchev–Trinajstić information content (AvgIpc) is 2.68. The van der Waals surface area contributed by atoms with Gasteiger partial charge in [-0.25, -0.2) is 0 Å². The lowest BCUT2D eigenvalue weighted by molar-refractivity contribution is 1.18. The van der Waals surface area contributed by atoms with E-state index in [9.17, 15) is 0 Å². The monoisotopic (exact) mass is 349 g/mol. The minimum atomic E-state index is 0.312. The van der Waals surface area contributed by atoms with Gasteiger partial charge in [0.05, 0.1) is 0 Å². The first-order valence-electron chi connectivity index (χ1n) is 5.71. The Balaban J connectivity index is 3.73. The zero-order valence-electron chi connectivity index (χ0n) is 10.7. The maximum absolute atomic E-state index is 3.90. The zero-order valence-corrected chi connectivity index (χ0v) is 12.9. The molecule has 3 heteroatoms. The minimum absolute atomic E-state index is 0.312. The van der Waals surface area contributed by atoms with E-state index in [1.807, 2.05) is 30.4 Å². The molecule has 0 aromatic carbocycles. The number of rotatable bonds is 6. The fraction of sp³-hybridized carbons (Fsp3) is 0.0667. The van der Waals surface area contributed by atoms with Gasteiger partial charge in [0.25, 0.3) is 0 Å². The van der Waals surface area contributed by atoms with Crippen LogP contribution in [0.4, 0.5) is 0 Å². The van der Waals surface area contributed by atoms with Crippen molar-refractivity contribution in [3.8, 4) is 0 Å². The predicted molar refractivity (Wildman–Crippen MR) is 95.0 cm³/mol. The highest BCUT2D eigenvalue weighted by Crippen LogP contribution is 2.29. The van der Waals surface area contributed by atoms with E-state index in [0.29, 0.717) is 4.70 Å². The van der Waals surface area contributed by atoms with Gasteiger partial charge >= 0.3 is 4.70 Å². The van der Waals surface area contributed by atoms with Gasteiger partial charge in [0.2, 0.25) is 0 Å². The van der Waals surface area contributed by atoms with Crippen molar-refractivity contribution in [3.63, 3.8) is 0 Å². The minimum Gasteiger partial charge on any atom is -0.375 e. The van der Waals surface area contributed by atoms with Gasteiger partial charge < -0.3 is 4.48 Å². The van der Waals surface area contributed by atoms with Gasteiger partial charge in [0, 0.05) is 22.5 Å². The van der Waals surface area contributed by atoms with E-state index in [1.54, 1.807) is 6.08 Å². The second-order valence-corrected chi connectivity index (χ2v) is 5.55. The van der Waals surface area contributed by atoms with Crippen LogP contribution in [0.5, 0.6) is 0 Å². The van der Waals surface area contributed by atoms with Crippen LogP contribution in [0.15, 0.2) is 38.5 Å². The summed E-state index contributed by atoms with van der Waals surface area (Å²) in [6.07, 6.45) is 11.3. The lowest BCUT2D eigenvalue weighted by Crippen LogP contribution is -2.15. The van der Waals surface area contributed by atoms with Crippen molar-refractivity contribution < 1.29 is 0 Å². The van der Waals surface area contributed by atoms with Crippen LogP contribution >= 0.6 is 22.4 Å². The molecule has 18 heavy (non-hydrogen) atoms. The van der Waals surface area contributed by atoms with Gasteiger partial charge in [0.1, 0.15) is 0 Å². The molecular weight excluding hydrogens is 332 g/mol. The molecule has 0 radical (unpaired) electrons. The molecule has 1 aromatic rings. The summed E-state index contributed by atoms with van der Waals surface area (Å²) in [6, 6.07) is 0. The van der Waals surface area contributed by atoms with Crippen molar-refractivity contribution >= 4 is 51.4 Å². The number of hydrogen-bond acceptors (Lipinski definition) is 0. The summed E-state index contributed by atoms with van der Waals surface area (Å²) >= 11 is 2.38. The Hall–Kier alpha value is -1.23. The third-order valence-electron chi connectivity index (χ3n) is 2.71. The van der Waals surface area contributed by atoms with E-state index in [2.05, 4.69) is 60.0 Å². The van der Waals surface area contributed by atoms with Crippen LogP contribution in [0.1, 0.15) is 22.5 Å². The van der Waals surface area contributed by atoms with E-state index in [0.717, 1.165) is 22.5 Å². The smallest absolute Gasteiger partial charge is 0.329 e. The molecule has 1 rings (SSSR count). The fourth-order valence-electron chi connectivity index (χ4n) is 2.02. The summed E-state index contributed by atoms with van der Waals surface area (Å²) in [6.45, 7) is 17.5. The fourth-order valence-corrected chi connectivity index (χ4v) is 2.62. The third kappa shape index (κ3) is 2.61. The molecule has 0 aliphatic carbocycles. The molecular formula is C15H17BIN. The zero-order chi connectivity index (χ0) is 13.7. The Morgan fingerprint density at radius 3 is 1.94 bits per heavy atom. The molecule has 0 amide bonds. The molecule has 0 bridgehead atoms. The summed E-state index contributed by atoms with van der Waals surface area (Å²) in [4.78, 5) is 0. The van der Waals surface area contributed by atoms with E-state index in [-0.39, 0.29) is 0 Å². The summed E-state index contributed by atoms with van der Waals surface area (Å²) in [5, 5.41) is 0. The molecule has 1 aromatic heterocycles. The molecule has 0 N–H and O–H groups in total. The van der Waals surface area contributed by atoms with Gasteiger partial charge in [-0.15, -0.1) is 22.4 Å². The van der Waals surface area contributed by atoms with Crippen molar-refractivity contribution in [3.05, 3.63) is 61.0 Å². The van der Waals surface area contributed by atoms with Crippen LogP contribution in [-0.2, 0) is 0 Å². The highest BCUT2D eigenvalue weighted by molar-refractivity contribution is 14.1. The quantitative estimate of drug-likeness (QED) is 0.386. The molecule has 0 aliphatic heterocycles. The average molecular weight is 349 g/mol. The molecule has 0 fully saturated rings. The Labute approximate surface area is 123 Å². The molecule has 0 saturated heterocycles. The first-order chi connectivity index (χ1) is 8.62. The van der Waals surface area contributed by atoms with Gasteiger partial charge in [0.15, 0.2) is 0 Å². The largest absolute Gasteiger partial charge is 0.375 e. The lowest BCUT2D eigenvalue weighted by atomic mass is 9.97. The van der Waals surface area contributed by atoms with E-state index in [1.165, 1.54) is 0 Å². The lowest BCUT2D eigenvalue weighted by Gasteiger charge is -2.10. The number of halogens is 1. The molecule has 1 heterocycles. The van der Waals surface area contributed by atoms with Crippen molar-refractivity contribution in [1.82, 2.24) is 4.48 Å².